The van der Waals surface area contributed by atoms with Crippen molar-refractivity contribution in [3.63, 3.8) is 0 Å². The second kappa shape index (κ2) is 5.31. The number of thiazole rings is 1. The summed E-state index contributed by atoms with van der Waals surface area (Å²) < 4.78 is 0. The lowest BCUT2D eigenvalue weighted by atomic mass is 10.1. The van der Waals surface area contributed by atoms with E-state index in [0.29, 0.717) is 11.7 Å². The van der Waals surface area contributed by atoms with Gasteiger partial charge in [0.15, 0.2) is 5.13 Å². The zero-order valence-corrected chi connectivity index (χ0v) is 10.7. The van der Waals surface area contributed by atoms with Crippen molar-refractivity contribution in [2.24, 2.45) is 11.5 Å². The maximum Gasteiger partial charge on any atom is 0.187 e. The summed E-state index contributed by atoms with van der Waals surface area (Å²) in [5.41, 5.74) is 11.4. The SMILES string of the molecule is NCC(N)c1sc(N2CCCCC2)nc1Cl. The first-order valence-corrected chi connectivity index (χ1v) is 6.78. The number of halogens is 1. The first-order chi connectivity index (χ1) is 7.72. The molecule has 0 spiro atoms. The van der Waals surface area contributed by atoms with Crippen LogP contribution in [0.25, 0.3) is 0 Å². The van der Waals surface area contributed by atoms with Crippen LogP contribution in [-0.4, -0.2) is 24.6 Å². The molecule has 0 aliphatic carbocycles. The molecule has 1 aliphatic heterocycles. The first-order valence-electron chi connectivity index (χ1n) is 5.59. The number of anilines is 1. The van der Waals surface area contributed by atoms with E-state index in [1.54, 1.807) is 11.3 Å². The van der Waals surface area contributed by atoms with E-state index in [1.807, 2.05) is 0 Å². The third-order valence-electron chi connectivity index (χ3n) is 2.82. The van der Waals surface area contributed by atoms with E-state index >= 15 is 0 Å². The molecule has 1 atom stereocenters. The molecule has 1 fully saturated rings. The van der Waals surface area contributed by atoms with Gasteiger partial charge in [0.2, 0.25) is 0 Å². The molecule has 0 amide bonds. The molecule has 4 N–H and O–H groups in total. The van der Waals surface area contributed by atoms with Crippen LogP contribution in [0.3, 0.4) is 0 Å². The molecule has 0 bridgehead atoms. The molecule has 2 heterocycles. The van der Waals surface area contributed by atoms with E-state index < -0.39 is 0 Å². The molecule has 0 radical (unpaired) electrons. The Hall–Kier alpha value is -0.360. The van der Waals surface area contributed by atoms with E-state index in [0.717, 1.165) is 23.1 Å². The Balaban J connectivity index is 2.16. The second-order valence-corrected chi connectivity index (χ2v) is 5.41. The fourth-order valence-corrected chi connectivity index (χ4v) is 3.27. The number of nitrogens with two attached hydrogens (primary N) is 2. The number of nitrogens with zero attached hydrogens (tertiary/aromatic N) is 2. The summed E-state index contributed by atoms with van der Waals surface area (Å²) in [4.78, 5) is 7.57. The lowest BCUT2D eigenvalue weighted by Gasteiger charge is -2.25. The number of rotatable bonds is 3. The summed E-state index contributed by atoms with van der Waals surface area (Å²) in [5.74, 6) is 0. The van der Waals surface area contributed by atoms with E-state index in [4.69, 9.17) is 23.1 Å². The highest BCUT2D eigenvalue weighted by atomic mass is 35.5. The van der Waals surface area contributed by atoms with Crippen LogP contribution in [0.4, 0.5) is 5.13 Å². The van der Waals surface area contributed by atoms with Gasteiger partial charge in [0.25, 0.3) is 0 Å². The zero-order chi connectivity index (χ0) is 11.5. The molecule has 0 saturated carbocycles. The van der Waals surface area contributed by atoms with E-state index in [-0.39, 0.29) is 6.04 Å². The normalized spacial score (nSPS) is 18.8. The highest BCUT2D eigenvalue weighted by Gasteiger charge is 2.19. The summed E-state index contributed by atoms with van der Waals surface area (Å²) in [6, 6.07) is -0.191. The molecule has 16 heavy (non-hydrogen) atoms. The van der Waals surface area contributed by atoms with Crippen LogP contribution in [0.2, 0.25) is 5.15 Å². The fraction of sp³-hybridized carbons (Fsp3) is 0.700. The Bertz CT molecular complexity index is 349. The zero-order valence-electron chi connectivity index (χ0n) is 9.16. The second-order valence-electron chi connectivity index (χ2n) is 4.04. The van der Waals surface area contributed by atoms with Gasteiger partial charge in [0.05, 0.1) is 10.9 Å². The molecular weight excluding hydrogens is 244 g/mol. The molecule has 4 nitrogen and oxygen atoms in total. The van der Waals surface area contributed by atoms with Gasteiger partial charge in [-0.05, 0) is 19.3 Å². The molecule has 1 aromatic heterocycles. The summed E-state index contributed by atoms with van der Waals surface area (Å²) in [5, 5.41) is 1.51. The van der Waals surface area contributed by atoms with Gasteiger partial charge >= 0.3 is 0 Å². The van der Waals surface area contributed by atoms with Gasteiger partial charge in [-0.25, -0.2) is 4.98 Å². The Kier molecular flexibility index (Phi) is 4.02. The van der Waals surface area contributed by atoms with E-state index in [2.05, 4.69) is 9.88 Å². The molecule has 1 unspecified atom stereocenters. The monoisotopic (exact) mass is 260 g/mol. The number of hydrogen-bond acceptors (Lipinski definition) is 5. The molecule has 6 heteroatoms. The molecular formula is C10H17ClN4S. The fourth-order valence-electron chi connectivity index (χ4n) is 1.86. The minimum Gasteiger partial charge on any atom is -0.348 e. The molecule has 1 aromatic rings. The molecule has 1 saturated heterocycles. The highest BCUT2D eigenvalue weighted by Crippen LogP contribution is 2.34. The van der Waals surface area contributed by atoms with Crippen LogP contribution in [0, 0.1) is 0 Å². The largest absolute Gasteiger partial charge is 0.348 e. The number of aromatic nitrogens is 1. The average molecular weight is 261 g/mol. The third kappa shape index (κ3) is 2.48. The van der Waals surface area contributed by atoms with Gasteiger partial charge in [0.1, 0.15) is 5.15 Å². The first kappa shape index (κ1) is 12.1. The van der Waals surface area contributed by atoms with Crippen LogP contribution in [0.1, 0.15) is 30.2 Å². The van der Waals surface area contributed by atoms with Crippen molar-refractivity contribution in [2.45, 2.75) is 25.3 Å². The standard InChI is InChI=1S/C10H17ClN4S/c11-9-8(7(13)6-12)16-10(14-9)15-4-2-1-3-5-15/h7H,1-6,12-13H2. The quantitative estimate of drug-likeness (QED) is 0.869. The summed E-state index contributed by atoms with van der Waals surface area (Å²) in [7, 11) is 0. The predicted octanol–water partition coefficient (Wildman–Crippen LogP) is 1.75. The van der Waals surface area contributed by atoms with Crippen molar-refractivity contribution in [1.29, 1.82) is 0 Å². The minimum atomic E-state index is -0.191. The van der Waals surface area contributed by atoms with Crippen molar-refractivity contribution in [3.05, 3.63) is 10.0 Å². The van der Waals surface area contributed by atoms with Crippen LogP contribution in [0.5, 0.6) is 0 Å². The van der Waals surface area contributed by atoms with Gasteiger partial charge in [-0.3, -0.25) is 0 Å². The van der Waals surface area contributed by atoms with E-state index in [9.17, 15) is 0 Å². The summed E-state index contributed by atoms with van der Waals surface area (Å²) >= 11 is 7.65. The Labute approximate surface area is 105 Å². The van der Waals surface area contributed by atoms with Gasteiger partial charge < -0.3 is 16.4 Å². The Morgan fingerprint density at radius 3 is 2.69 bits per heavy atom. The van der Waals surface area contributed by atoms with Crippen LogP contribution in [-0.2, 0) is 0 Å². The molecule has 1 aliphatic rings. The molecule has 2 rings (SSSR count). The maximum absolute atomic E-state index is 6.07. The van der Waals surface area contributed by atoms with Crippen molar-refractivity contribution < 1.29 is 0 Å². The average Bonchev–Trinajstić information content (AvgIpc) is 2.71. The van der Waals surface area contributed by atoms with Crippen molar-refractivity contribution in [1.82, 2.24) is 4.98 Å². The van der Waals surface area contributed by atoms with Gasteiger partial charge in [-0.1, -0.05) is 22.9 Å². The highest BCUT2D eigenvalue weighted by molar-refractivity contribution is 7.16. The van der Waals surface area contributed by atoms with Crippen molar-refractivity contribution >= 4 is 28.1 Å². The predicted molar refractivity (Wildman–Crippen MR) is 69.2 cm³/mol. The van der Waals surface area contributed by atoms with Gasteiger partial charge in [-0.15, -0.1) is 0 Å². The van der Waals surface area contributed by atoms with Crippen LogP contribution in [0.15, 0.2) is 0 Å². The Morgan fingerprint density at radius 2 is 2.06 bits per heavy atom. The smallest absolute Gasteiger partial charge is 0.187 e. The lowest BCUT2D eigenvalue weighted by molar-refractivity contribution is 0.577. The third-order valence-corrected chi connectivity index (χ3v) is 4.46. The molecule has 90 valence electrons. The minimum absolute atomic E-state index is 0.191. The van der Waals surface area contributed by atoms with Crippen molar-refractivity contribution in [2.75, 3.05) is 24.5 Å². The molecule has 0 aromatic carbocycles. The maximum atomic E-state index is 6.07. The van der Waals surface area contributed by atoms with Gasteiger partial charge in [0, 0.05) is 19.6 Å². The lowest BCUT2D eigenvalue weighted by Crippen LogP contribution is -2.29. The summed E-state index contributed by atoms with van der Waals surface area (Å²) in [6.45, 7) is 2.55. The Morgan fingerprint density at radius 1 is 1.38 bits per heavy atom. The number of hydrogen-bond donors (Lipinski definition) is 2. The summed E-state index contributed by atoms with van der Waals surface area (Å²) in [6.07, 6.45) is 3.77. The van der Waals surface area contributed by atoms with Gasteiger partial charge in [-0.2, -0.15) is 0 Å². The van der Waals surface area contributed by atoms with Crippen molar-refractivity contribution in [3.8, 4) is 0 Å². The number of piperidine rings is 1. The van der Waals surface area contributed by atoms with Crippen LogP contribution < -0.4 is 16.4 Å². The van der Waals surface area contributed by atoms with Crippen LogP contribution >= 0.6 is 22.9 Å². The topological polar surface area (TPSA) is 68.2 Å². The van der Waals surface area contributed by atoms with E-state index in [1.165, 1.54) is 19.3 Å².